The Hall–Kier alpha value is -2.17. The minimum Gasteiger partial charge on any atom is -0.394 e. The smallest absolute Gasteiger partial charge is 0.253 e. The number of nitrogens with one attached hydrogen (secondary N) is 1. The molecule has 0 saturated heterocycles. The molecule has 1 amide bonds. The molecule has 2 aromatic rings. The van der Waals surface area contributed by atoms with E-state index in [-0.39, 0.29) is 6.61 Å². The second-order valence-corrected chi connectivity index (χ2v) is 4.89. The molecule has 0 aliphatic heterocycles. The third-order valence-corrected chi connectivity index (χ3v) is 3.26. The van der Waals surface area contributed by atoms with Crippen molar-refractivity contribution in [1.82, 2.24) is 5.32 Å². The van der Waals surface area contributed by atoms with Gasteiger partial charge in [-0.1, -0.05) is 60.7 Å². The fourth-order valence-corrected chi connectivity index (χ4v) is 2.13. The van der Waals surface area contributed by atoms with Crippen molar-refractivity contribution in [3.05, 3.63) is 71.8 Å². The third kappa shape index (κ3) is 4.41. The Morgan fingerprint density at radius 2 is 1.57 bits per heavy atom. The van der Waals surface area contributed by atoms with Crippen molar-refractivity contribution in [2.75, 3.05) is 6.61 Å². The first-order valence-electron chi connectivity index (χ1n) is 6.89. The second-order valence-electron chi connectivity index (χ2n) is 4.89. The van der Waals surface area contributed by atoms with E-state index in [1.54, 1.807) is 24.3 Å². The fourth-order valence-electron chi connectivity index (χ4n) is 2.13. The van der Waals surface area contributed by atoms with E-state index in [0.29, 0.717) is 12.0 Å². The summed E-state index contributed by atoms with van der Waals surface area (Å²) in [7, 11) is 0. The van der Waals surface area contributed by atoms with Crippen molar-refractivity contribution < 1.29 is 15.0 Å². The van der Waals surface area contributed by atoms with Gasteiger partial charge in [-0.05, 0) is 17.5 Å². The highest BCUT2D eigenvalue weighted by Crippen LogP contribution is 2.12. The summed E-state index contributed by atoms with van der Waals surface area (Å²) < 4.78 is 0. The number of aliphatic hydroxyl groups is 2. The average Bonchev–Trinajstić information content (AvgIpc) is 2.55. The summed E-state index contributed by atoms with van der Waals surface area (Å²) in [5.41, 5.74) is 1.55. The highest BCUT2D eigenvalue weighted by molar-refractivity contribution is 5.82. The number of benzene rings is 2. The summed E-state index contributed by atoms with van der Waals surface area (Å²) in [6, 6.07) is 17.9. The zero-order valence-corrected chi connectivity index (χ0v) is 11.6. The Morgan fingerprint density at radius 3 is 2.14 bits per heavy atom. The third-order valence-electron chi connectivity index (χ3n) is 3.26. The van der Waals surface area contributed by atoms with E-state index in [2.05, 4.69) is 5.32 Å². The van der Waals surface area contributed by atoms with Crippen LogP contribution in [0.2, 0.25) is 0 Å². The van der Waals surface area contributed by atoms with Crippen LogP contribution in [-0.2, 0) is 11.2 Å². The van der Waals surface area contributed by atoms with Crippen molar-refractivity contribution >= 4 is 5.91 Å². The predicted molar refractivity (Wildman–Crippen MR) is 80.6 cm³/mol. The Labute approximate surface area is 124 Å². The summed E-state index contributed by atoms with van der Waals surface area (Å²) in [4.78, 5) is 12.0. The normalized spacial score (nSPS) is 13.4. The first-order valence-corrected chi connectivity index (χ1v) is 6.89. The first-order chi connectivity index (χ1) is 10.2. The van der Waals surface area contributed by atoms with Gasteiger partial charge in [-0.2, -0.15) is 0 Å². The van der Waals surface area contributed by atoms with Crippen molar-refractivity contribution in [2.45, 2.75) is 18.6 Å². The maximum absolute atomic E-state index is 12.0. The Bertz CT molecular complexity index is 557. The van der Waals surface area contributed by atoms with E-state index in [9.17, 15) is 15.0 Å². The number of aliphatic hydroxyl groups excluding tert-OH is 2. The van der Waals surface area contributed by atoms with Gasteiger partial charge in [0.15, 0.2) is 6.10 Å². The Kier molecular flexibility index (Phi) is 5.49. The molecule has 2 atom stereocenters. The van der Waals surface area contributed by atoms with Crippen molar-refractivity contribution in [1.29, 1.82) is 0 Å². The van der Waals surface area contributed by atoms with E-state index in [4.69, 9.17) is 0 Å². The van der Waals surface area contributed by atoms with Crippen molar-refractivity contribution in [3.8, 4) is 0 Å². The number of carbonyl (C=O) groups is 1. The first kappa shape index (κ1) is 15.2. The van der Waals surface area contributed by atoms with Gasteiger partial charge in [-0.15, -0.1) is 0 Å². The van der Waals surface area contributed by atoms with Crippen molar-refractivity contribution in [3.63, 3.8) is 0 Å². The highest BCUT2D eigenvalue weighted by Gasteiger charge is 2.20. The van der Waals surface area contributed by atoms with Crippen LogP contribution in [0, 0.1) is 0 Å². The van der Waals surface area contributed by atoms with Gasteiger partial charge in [0.1, 0.15) is 0 Å². The number of carbonyl (C=O) groups excluding carboxylic acids is 1. The SMILES string of the molecule is O=C(NC(CO)Cc1ccccc1)C(O)c1ccccc1. The molecule has 2 rings (SSSR count). The van der Waals surface area contributed by atoms with E-state index in [0.717, 1.165) is 5.56 Å². The minimum absolute atomic E-state index is 0.178. The molecule has 0 fully saturated rings. The molecule has 3 N–H and O–H groups in total. The van der Waals surface area contributed by atoms with Gasteiger partial charge < -0.3 is 15.5 Å². The topological polar surface area (TPSA) is 69.6 Å². The zero-order chi connectivity index (χ0) is 15.1. The average molecular weight is 285 g/mol. The molecule has 2 aromatic carbocycles. The molecule has 21 heavy (non-hydrogen) atoms. The van der Waals surface area contributed by atoms with Crippen LogP contribution in [0.15, 0.2) is 60.7 Å². The van der Waals surface area contributed by atoms with E-state index < -0.39 is 18.1 Å². The van der Waals surface area contributed by atoms with Crippen LogP contribution in [0.5, 0.6) is 0 Å². The van der Waals surface area contributed by atoms with Gasteiger partial charge in [0.05, 0.1) is 12.6 Å². The van der Waals surface area contributed by atoms with E-state index in [1.165, 1.54) is 0 Å². The standard InChI is InChI=1S/C17H19NO3/c19-12-15(11-13-7-3-1-4-8-13)18-17(21)16(20)14-9-5-2-6-10-14/h1-10,15-16,19-20H,11-12H2,(H,18,21). The number of amides is 1. The van der Waals surface area contributed by atoms with Crippen molar-refractivity contribution in [2.24, 2.45) is 0 Å². The molecule has 2 unspecified atom stereocenters. The van der Waals surface area contributed by atoms with Crippen LogP contribution >= 0.6 is 0 Å². The maximum atomic E-state index is 12.0. The lowest BCUT2D eigenvalue weighted by Crippen LogP contribution is -2.41. The molecule has 4 heteroatoms. The lowest BCUT2D eigenvalue weighted by Gasteiger charge is -2.19. The molecular weight excluding hydrogens is 266 g/mol. The molecule has 0 aliphatic rings. The number of hydrogen-bond acceptors (Lipinski definition) is 3. The fraction of sp³-hybridized carbons (Fsp3) is 0.235. The summed E-state index contributed by atoms with van der Waals surface area (Å²) in [5.74, 6) is -0.504. The summed E-state index contributed by atoms with van der Waals surface area (Å²) in [6.07, 6.45) is -0.707. The molecule has 0 bridgehead atoms. The Balaban J connectivity index is 1.96. The van der Waals surface area contributed by atoms with Crippen LogP contribution < -0.4 is 5.32 Å². The maximum Gasteiger partial charge on any atom is 0.253 e. The van der Waals surface area contributed by atoms with Crippen LogP contribution in [0.4, 0.5) is 0 Å². The quantitative estimate of drug-likeness (QED) is 0.752. The van der Waals surface area contributed by atoms with Gasteiger partial charge in [0.25, 0.3) is 5.91 Å². The summed E-state index contributed by atoms with van der Waals surface area (Å²) in [5, 5.41) is 22.1. The molecule has 110 valence electrons. The van der Waals surface area contributed by atoms with E-state index >= 15 is 0 Å². The number of hydrogen-bond donors (Lipinski definition) is 3. The van der Waals surface area contributed by atoms with Gasteiger partial charge >= 0.3 is 0 Å². The van der Waals surface area contributed by atoms with Crippen LogP contribution in [0.3, 0.4) is 0 Å². The molecule has 0 aromatic heterocycles. The molecule has 4 nitrogen and oxygen atoms in total. The molecule has 0 saturated carbocycles. The number of rotatable bonds is 6. The van der Waals surface area contributed by atoms with Crippen LogP contribution in [0.25, 0.3) is 0 Å². The van der Waals surface area contributed by atoms with Gasteiger partial charge in [-0.3, -0.25) is 4.79 Å². The lowest BCUT2D eigenvalue weighted by molar-refractivity contribution is -0.130. The van der Waals surface area contributed by atoms with Gasteiger partial charge in [-0.25, -0.2) is 0 Å². The molecule has 0 spiro atoms. The second kappa shape index (κ2) is 7.57. The van der Waals surface area contributed by atoms with Gasteiger partial charge in [0.2, 0.25) is 0 Å². The van der Waals surface area contributed by atoms with Gasteiger partial charge in [0, 0.05) is 0 Å². The molecule has 0 aliphatic carbocycles. The zero-order valence-electron chi connectivity index (χ0n) is 11.6. The lowest BCUT2D eigenvalue weighted by atomic mass is 10.0. The molecular formula is C17H19NO3. The largest absolute Gasteiger partial charge is 0.394 e. The summed E-state index contributed by atoms with van der Waals surface area (Å²) >= 11 is 0. The van der Waals surface area contributed by atoms with E-state index in [1.807, 2.05) is 36.4 Å². The van der Waals surface area contributed by atoms with Crippen LogP contribution in [0.1, 0.15) is 17.2 Å². The summed E-state index contributed by atoms with van der Waals surface area (Å²) in [6.45, 7) is -0.178. The predicted octanol–water partition coefficient (Wildman–Crippen LogP) is 1.44. The molecule has 0 radical (unpaired) electrons. The van der Waals surface area contributed by atoms with Crippen LogP contribution in [-0.4, -0.2) is 28.8 Å². The minimum atomic E-state index is -1.23. The molecule has 0 heterocycles. The monoisotopic (exact) mass is 285 g/mol. The highest BCUT2D eigenvalue weighted by atomic mass is 16.3. The Morgan fingerprint density at radius 1 is 1.00 bits per heavy atom.